The van der Waals surface area contributed by atoms with E-state index in [-0.39, 0.29) is 6.42 Å². The van der Waals surface area contributed by atoms with Gasteiger partial charge in [0.05, 0.1) is 6.04 Å². The standard InChI is InChI=1S/C20H17F2N7OS/c1-11-9-15(28-27-11)24-18-26-19(25-16-3-2-8-29(16)18)31-13-6-4-12(5-7-13)17(30)23-14-10-20(14,21)22/h2-9,14H,10H2,1H3,(H,23,30)(H2,24,25,26,27,28). The van der Waals surface area contributed by atoms with Crippen molar-refractivity contribution >= 4 is 35.1 Å². The highest BCUT2D eigenvalue weighted by Crippen LogP contribution is 2.41. The Balaban J connectivity index is 1.33. The molecule has 1 atom stereocenters. The van der Waals surface area contributed by atoms with Gasteiger partial charge in [-0.25, -0.2) is 13.8 Å². The van der Waals surface area contributed by atoms with Gasteiger partial charge in [0, 0.05) is 34.8 Å². The highest BCUT2D eigenvalue weighted by atomic mass is 32.2. The summed E-state index contributed by atoms with van der Waals surface area (Å²) in [6, 6.07) is 11.2. The van der Waals surface area contributed by atoms with E-state index < -0.39 is 17.9 Å². The normalized spacial score (nSPS) is 16.9. The van der Waals surface area contributed by atoms with Crippen LogP contribution in [0.1, 0.15) is 22.5 Å². The van der Waals surface area contributed by atoms with Crippen LogP contribution in [-0.2, 0) is 0 Å². The molecule has 1 aromatic carbocycles. The van der Waals surface area contributed by atoms with Crippen molar-refractivity contribution in [2.24, 2.45) is 0 Å². The maximum absolute atomic E-state index is 13.0. The van der Waals surface area contributed by atoms with Gasteiger partial charge in [-0.1, -0.05) is 0 Å². The molecule has 1 saturated carbocycles. The Kier molecular flexibility index (Phi) is 4.62. The first kappa shape index (κ1) is 19.5. The van der Waals surface area contributed by atoms with Gasteiger partial charge in [0.25, 0.3) is 11.8 Å². The van der Waals surface area contributed by atoms with Gasteiger partial charge in [0.1, 0.15) is 5.65 Å². The van der Waals surface area contributed by atoms with Crippen molar-refractivity contribution in [3.63, 3.8) is 0 Å². The minimum atomic E-state index is -2.79. The summed E-state index contributed by atoms with van der Waals surface area (Å²) in [6.07, 6.45) is 1.54. The van der Waals surface area contributed by atoms with E-state index in [1.54, 1.807) is 24.3 Å². The largest absolute Gasteiger partial charge is 0.343 e. The Morgan fingerprint density at radius 1 is 1.26 bits per heavy atom. The van der Waals surface area contributed by atoms with Crippen molar-refractivity contribution in [2.75, 3.05) is 5.32 Å². The number of aromatic amines is 1. The topological polar surface area (TPSA) is 100 Å². The average molecular weight is 441 g/mol. The Labute approximate surface area is 179 Å². The Morgan fingerprint density at radius 3 is 2.71 bits per heavy atom. The summed E-state index contributed by atoms with van der Waals surface area (Å²) in [5, 5.41) is 13.1. The zero-order valence-electron chi connectivity index (χ0n) is 16.3. The van der Waals surface area contributed by atoms with E-state index in [0.29, 0.717) is 28.1 Å². The number of hydrogen-bond acceptors (Lipinski definition) is 6. The number of aromatic nitrogens is 5. The number of fused-ring (bicyclic) bond motifs is 1. The highest BCUT2D eigenvalue weighted by molar-refractivity contribution is 7.99. The number of amides is 1. The molecule has 0 bridgehead atoms. The lowest BCUT2D eigenvalue weighted by Gasteiger charge is -2.09. The molecule has 0 spiro atoms. The van der Waals surface area contributed by atoms with Crippen LogP contribution >= 0.6 is 11.8 Å². The highest BCUT2D eigenvalue weighted by Gasteiger charge is 2.57. The smallest absolute Gasteiger partial charge is 0.270 e. The monoisotopic (exact) mass is 441 g/mol. The number of carbonyl (C=O) groups is 1. The van der Waals surface area contributed by atoms with Crippen LogP contribution < -0.4 is 10.6 Å². The number of H-pyrrole nitrogens is 1. The lowest BCUT2D eigenvalue weighted by atomic mass is 10.2. The van der Waals surface area contributed by atoms with E-state index in [4.69, 9.17) is 0 Å². The van der Waals surface area contributed by atoms with E-state index in [1.165, 1.54) is 11.8 Å². The first-order valence-corrected chi connectivity index (χ1v) is 10.3. The second-order valence-corrected chi connectivity index (χ2v) is 8.29. The zero-order chi connectivity index (χ0) is 21.6. The van der Waals surface area contributed by atoms with E-state index in [1.807, 2.05) is 35.7 Å². The summed E-state index contributed by atoms with van der Waals surface area (Å²) in [6.45, 7) is 1.91. The van der Waals surface area contributed by atoms with Gasteiger partial charge in [-0.15, -0.1) is 0 Å². The molecule has 0 radical (unpaired) electrons. The summed E-state index contributed by atoms with van der Waals surface area (Å²) < 4.78 is 27.8. The summed E-state index contributed by atoms with van der Waals surface area (Å²) in [7, 11) is 0. The molecule has 3 heterocycles. The minimum Gasteiger partial charge on any atom is -0.343 e. The quantitative estimate of drug-likeness (QED) is 0.421. The number of benzene rings is 1. The fourth-order valence-electron chi connectivity index (χ4n) is 3.03. The summed E-state index contributed by atoms with van der Waals surface area (Å²) >= 11 is 1.33. The molecule has 31 heavy (non-hydrogen) atoms. The number of anilines is 2. The minimum absolute atomic E-state index is 0.305. The number of carbonyl (C=O) groups excluding carboxylic acids is 1. The number of nitrogens with zero attached hydrogens (tertiary/aromatic N) is 4. The molecule has 0 aliphatic heterocycles. The van der Waals surface area contributed by atoms with Crippen LogP contribution in [0, 0.1) is 6.92 Å². The number of hydrogen-bond donors (Lipinski definition) is 3. The van der Waals surface area contributed by atoms with Gasteiger partial charge in [-0.05, 0) is 55.1 Å². The predicted octanol–water partition coefficient (Wildman–Crippen LogP) is 3.79. The molecule has 11 heteroatoms. The summed E-state index contributed by atoms with van der Waals surface area (Å²) in [4.78, 5) is 22.0. The Morgan fingerprint density at radius 2 is 2.03 bits per heavy atom. The van der Waals surface area contributed by atoms with E-state index in [2.05, 4.69) is 30.8 Å². The van der Waals surface area contributed by atoms with Gasteiger partial charge in [-0.3, -0.25) is 14.3 Å². The van der Waals surface area contributed by atoms with Gasteiger partial charge in [0.15, 0.2) is 11.0 Å². The fraction of sp³-hybridized carbons (Fsp3) is 0.200. The molecule has 3 N–H and O–H groups in total. The maximum atomic E-state index is 13.0. The van der Waals surface area contributed by atoms with Crippen LogP contribution in [0.4, 0.5) is 20.5 Å². The number of halogens is 2. The van der Waals surface area contributed by atoms with Crippen molar-refractivity contribution in [3.8, 4) is 0 Å². The lowest BCUT2D eigenvalue weighted by molar-refractivity contribution is 0.0849. The molecule has 1 aliphatic carbocycles. The lowest BCUT2D eigenvalue weighted by Crippen LogP contribution is -2.29. The molecule has 1 amide bonds. The second-order valence-electron chi connectivity index (χ2n) is 7.25. The SMILES string of the molecule is Cc1cc(Nc2nc(Sc3ccc(C(=O)NC4CC4(F)F)cc3)nc3cccn23)n[nH]1. The van der Waals surface area contributed by atoms with Gasteiger partial charge in [-0.2, -0.15) is 10.1 Å². The molecule has 8 nitrogen and oxygen atoms in total. The Bertz CT molecular complexity index is 1270. The van der Waals surface area contributed by atoms with Crippen LogP contribution in [0.15, 0.2) is 58.7 Å². The fourth-order valence-corrected chi connectivity index (χ4v) is 3.79. The maximum Gasteiger partial charge on any atom is 0.270 e. The molecule has 158 valence electrons. The molecule has 3 aromatic heterocycles. The third-order valence-corrected chi connectivity index (χ3v) is 5.64. The molecule has 1 unspecified atom stereocenters. The molecule has 1 aliphatic rings. The molecular weight excluding hydrogens is 424 g/mol. The van der Waals surface area contributed by atoms with Crippen LogP contribution in [0.2, 0.25) is 0 Å². The van der Waals surface area contributed by atoms with Crippen molar-refractivity contribution in [2.45, 2.75) is 35.4 Å². The van der Waals surface area contributed by atoms with Crippen molar-refractivity contribution in [1.29, 1.82) is 0 Å². The molecule has 1 fully saturated rings. The first-order chi connectivity index (χ1) is 14.9. The Hall–Kier alpha value is -3.47. The van der Waals surface area contributed by atoms with Crippen molar-refractivity contribution in [3.05, 3.63) is 59.9 Å². The average Bonchev–Trinajstić information content (AvgIpc) is 3.09. The molecule has 5 rings (SSSR count). The predicted molar refractivity (Wildman–Crippen MR) is 111 cm³/mol. The third-order valence-electron chi connectivity index (χ3n) is 4.77. The first-order valence-electron chi connectivity index (χ1n) is 9.48. The molecular formula is C20H17F2N7OS. The van der Waals surface area contributed by atoms with Crippen LogP contribution in [-0.4, -0.2) is 42.4 Å². The number of aryl methyl sites for hydroxylation is 1. The molecule has 4 aromatic rings. The third kappa shape index (κ3) is 4.08. The van der Waals surface area contributed by atoms with Gasteiger partial charge >= 0.3 is 0 Å². The number of rotatable bonds is 6. The van der Waals surface area contributed by atoms with E-state index in [9.17, 15) is 13.6 Å². The number of nitrogens with one attached hydrogen (secondary N) is 3. The van der Waals surface area contributed by atoms with Gasteiger partial charge in [0.2, 0.25) is 5.95 Å². The van der Waals surface area contributed by atoms with Crippen LogP contribution in [0.25, 0.3) is 5.65 Å². The summed E-state index contributed by atoms with van der Waals surface area (Å²) in [5.41, 5.74) is 1.96. The second kappa shape index (κ2) is 7.34. The van der Waals surface area contributed by atoms with Crippen LogP contribution in [0.5, 0.6) is 0 Å². The van der Waals surface area contributed by atoms with Gasteiger partial charge < -0.3 is 10.6 Å². The van der Waals surface area contributed by atoms with E-state index >= 15 is 0 Å². The zero-order valence-corrected chi connectivity index (χ0v) is 17.1. The molecule has 0 saturated heterocycles. The summed E-state index contributed by atoms with van der Waals surface area (Å²) in [5.74, 6) is -2.10. The van der Waals surface area contributed by atoms with Crippen molar-refractivity contribution in [1.82, 2.24) is 29.9 Å². The van der Waals surface area contributed by atoms with E-state index in [0.717, 1.165) is 10.6 Å². The number of alkyl halides is 2. The van der Waals surface area contributed by atoms with Crippen molar-refractivity contribution < 1.29 is 13.6 Å². The van der Waals surface area contributed by atoms with Crippen LogP contribution in [0.3, 0.4) is 0 Å².